The van der Waals surface area contributed by atoms with Crippen LogP contribution >= 0.6 is 0 Å². The molecule has 1 N–H and O–H groups in total. The number of hydrogen-bond acceptors (Lipinski definition) is 4. The van der Waals surface area contributed by atoms with E-state index in [1.165, 1.54) is 7.11 Å². The Morgan fingerprint density at radius 3 is 2.44 bits per heavy atom. The monoisotopic (exact) mass is 223 g/mol. The fourth-order valence-electron chi connectivity index (χ4n) is 1.34. The SMILES string of the molecule is COC(=O)CNc1cc(C)c(C)cc1OC. The zero-order valence-corrected chi connectivity index (χ0v) is 10.1. The molecule has 16 heavy (non-hydrogen) atoms. The van der Waals surface area contributed by atoms with Gasteiger partial charge in [-0.25, -0.2) is 0 Å². The molecule has 0 atom stereocenters. The molecule has 1 rings (SSSR count). The van der Waals surface area contributed by atoms with Crippen LogP contribution in [0.4, 0.5) is 5.69 Å². The van der Waals surface area contributed by atoms with Crippen LogP contribution in [0.25, 0.3) is 0 Å². The third-order valence-corrected chi connectivity index (χ3v) is 2.47. The van der Waals surface area contributed by atoms with Crippen LogP contribution in [-0.4, -0.2) is 26.7 Å². The molecule has 0 aliphatic rings. The highest BCUT2D eigenvalue weighted by Crippen LogP contribution is 2.27. The van der Waals surface area contributed by atoms with E-state index in [9.17, 15) is 4.79 Å². The van der Waals surface area contributed by atoms with Gasteiger partial charge in [0.05, 0.1) is 19.9 Å². The number of carbonyl (C=O) groups is 1. The summed E-state index contributed by atoms with van der Waals surface area (Å²) in [4.78, 5) is 11.0. The topological polar surface area (TPSA) is 47.6 Å². The highest BCUT2D eigenvalue weighted by molar-refractivity contribution is 5.76. The summed E-state index contributed by atoms with van der Waals surface area (Å²) in [5.74, 6) is 0.423. The zero-order chi connectivity index (χ0) is 12.1. The Balaban J connectivity index is 2.86. The molecule has 4 heteroatoms. The van der Waals surface area contributed by atoms with Crippen molar-refractivity contribution < 1.29 is 14.3 Å². The van der Waals surface area contributed by atoms with E-state index < -0.39 is 0 Å². The third kappa shape index (κ3) is 2.89. The van der Waals surface area contributed by atoms with Gasteiger partial charge in [0.1, 0.15) is 12.3 Å². The summed E-state index contributed by atoms with van der Waals surface area (Å²) >= 11 is 0. The van der Waals surface area contributed by atoms with Crippen LogP contribution in [0.5, 0.6) is 5.75 Å². The summed E-state index contributed by atoms with van der Waals surface area (Å²) in [5.41, 5.74) is 3.10. The van der Waals surface area contributed by atoms with Crippen molar-refractivity contribution in [2.75, 3.05) is 26.1 Å². The Morgan fingerprint density at radius 2 is 1.88 bits per heavy atom. The molecular weight excluding hydrogens is 206 g/mol. The second-order valence-corrected chi connectivity index (χ2v) is 3.57. The van der Waals surface area contributed by atoms with Gasteiger partial charge < -0.3 is 14.8 Å². The fourth-order valence-corrected chi connectivity index (χ4v) is 1.34. The van der Waals surface area contributed by atoms with Gasteiger partial charge in [-0.15, -0.1) is 0 Å². The van der Waals surface area contributed by atoms with Crippen molar-refractivity contribution in [3.8, 4) is 5.75 Å². The Hall–Kier alpha value is -1.71. The number of esters is 1. The quantitative estimate of drug-likeness (QED) is 0.792. The summed E-state index contributed by atoms with van der Waals surface area (Å²) < 4.78 is 9.79. The number of rotatable bonds is 4. The predicted octanol–water partition coefficient (Wildman–Crippen LogP) is 1.90. The largest absolute Gasteiger partial charge is 0.495 e. The smallest absolute Gasteiger partial charge is 0.325 e. The Bertz CT molecular complexity index is 388. The zero-order valence-electron chi connectivity index (χ0n) is 10.1. The highest BCUT2D eigenvalue weighted by Gasteiger charge is 2.07. The van der Waals surface area contributed by atoms with E-state index in [1.807, 2.05) is 26.0 Å². The van der Waals surface area contributed by atoms with Crippen molar-refractivity contribution >= 4 is 11.7 Å². The van der Waals surface area contributed by atoms with Crippen LogP contribution in [0.1, 0.15) is 11.1 Å². The maximum Gasteiger partial charge on any atom is 0.325 e. The molecule has 1 aromatic rings. The molecule has 4 nitrogen and oxygen atoms in total. The van der Waals surface area contributed by atoms with Gasteiger partial charge in [-0.05, 0) is 37.1 Å². The number of anilines is 1. The average molecular weight is 223 g/mol. The Labute approximate surface area is 95.6 Å². The number of benzene rings is 1. The molecule has 88 valence electrons. The van der Waals surface area contributed by atoms with E-state index in [-0.39, 0.29) is 12.5 Å². The first-order chi connectivity index (χ1) is 7.58. The lowest BCUT2D eigenvalue weighted by molar-refractivity contribution is -0.138. The highest BCUT2D eigenvalue weighted by atomic mass is 16.5. The fraction of sp³-hybridized carbons (Fsp3) is 0.417. The first-order valence-corrected chi connectivity index (χ1v) is 5.04. The minimum absolute atomic E-state index is 0.134. The van der Waals surface area contributed by atoms with Crippen molar-refractivity contribution in [3.05, 3.63) is 23.3 Å². The van der Waals surface area contributed by atoms with Crippen molar-refractivity contribution in [1.82, 2.24) is 0 Å². The summed E-state index contributed by atoms with van der Waals surface area (Å²) in [6.07, 6.45) is 0. The first kappa shape index (κ1) is 12.4. The van der Waals surface area contributed by atoms with E-state index in [0.717, 1.165) is 22.6 Å². The Morgan fingerprint density at radius 1 is 1.25 bits per heavy atom. The Kier molecular flexibility index (Phi) is 4.17. The molecule has 0 heterocycles. The maximum atomic E-state index is 11.0. The van der Waals surface area contributed by atoms with E-state index >= 15 is 0 Å². The van der Waals surface area contributed by atoms with Gasteiger partial charge in [-0.1, -0.05) is 0 Å². The normalized spacial score (nSPS) is 9.75. The predicted molar refractivity (Wildman–Crippen MR) is 63.0 cm³/mol. The van der Waals surface area contributed by atoms with Crippen LogP contribution in [0.3, 0.4) is 0 Å². The number of aryl methyl sites for hydroxylation is 2. The van der Waals surface area contributed by atoms with Crippen LogP contribution in [0.2, 0.25) is 0 Å². The molecule has 0 aliphatic carbocycles. The second kappa shape index (κ2) is 5.39. The van der Waals surface area contributed by atoms with Crippen LogP contribution in [0, 0.1) is 13.8 Å². The minimum Gasteiger partial charge on any atom is -0.495 e. The molecule has 0 aliphatic heterocycles. The molecule has 1 aromatic carbocycles. The molecule has 0 saturated heterocycles. The molecular formula is C12H17NO3. The third-order valence-electron chi connectivity index (χ3n) is 2.47. The summed E-state index contributed by atoms with van der Waals surface area (Å²) in [6, 6.07) is 3.89. The van der Waals surface area contributed by atoms with Gasteiger partial charge in [0.15, 0.2) is 0 Å². The first-order valence-electron chi connectivity index (χ1n) is 5.04. The standard InChI is InChI=1S/C12H17NO3/c1-8-5-10(13-7-12(14)16-4)11(15-3)6-9(8)2/h5-6,13H,7H2,1-4H3. The summed E-state index contributed by atoms with van der Waals surface area (Å²) in [6.45, 7) is 4.16. The number of carbonyl (C=O) groups excluding carboxylic acids is 1. The van der Waals surface area contributed by atoms with E-state index in [1.54, 1.807) is 7.11 Å². The lowest BCUT2D eigenvalue weighted by atomic mass is 10.1. The van der Waals surface area contributed by atoms with Gasteiger partial charge in [-0.2, -0.15) is 0 Å². The number of ether oxygens (including phenoxy) is 2. The molecule has 0 amide bonds. The lowest BCUT2D eigenvalue weighted by Gasteiger charge is -2.12. The van der Waals surface area contributed by atoms with Gasteiger partial charge >= 0.3 is 5.97 Å². The molecule has 0 fully saturated rings. The maximum absolute atomic E-state index is 11.0. The molecule has 0 bridgehead atoms. The van der Waals surface area contributed by atoms with Crippen LogP contribution < -0.4 is 10.1 Å². The van der Waals surface area contributed by atoms with E-state index in [0.29, 0.717) is 0 Å². The van der Waals surface area contributed by atoms with Gasteiger partial charge in [0.2, 0.25) is 0 Å². The molecule has 0 spiro atoms. The van der Waals surface area contributed by atoms with Crippen LogP contribution in [0.15, 0.2) is 12.1 Å². The molecule has 0 saturated carbocycles. The lowest BCUT2D eigenvalue weighted by Crippen LogP contribution is -2.15. The van der Waals surface area contributed by atoms with Crippen molar-refractivity contribution in [3.63, 3.8) is 0 Å². The van der Waals surface area contributed by atoms with Crippen LogP contribution in [-0.2, 0) is 9.53 Å². The van der Waals surface area contributed by atoms with Crippen molar-refractivity contribution in [1.29, 1.82) is 0 Å². The summed E-state index contributed by atoms with van der Waals surface area (Å²) in [5, 5.41) is 2.98. The van der Waals surface area contributed by atoms with Gasteiger partial charge in [0, 0.05) is 0 Å². The van der Waals surface area contributed by atoms with E-state index in [2.05, 4.69) is 10.1 Å². The summed E-state index contributed by atoms with van der Waals surface area (Å²) in [7, 11) is 2.97. The van der Waals surface area contributed by atoms with Crippen molar-refractivity contribution in [2.45, 2.75) is 13.8 Å². The molecule has 0 radical (unpaired) electrons. The second-order valence-electron chi connectivity index (χ2n) is 3.57. The number of nitrogens with one attached hydrogen (secondary N) is 1. The average Bonchev–Trinajstić information content (AvgIpc) is 2.29. The van der Waals surface area contributed by atoms with Gasteiger partial charge in [-0.3, -0.25) is 4.79 Å². The minimum atomic E-state index is -0.305. The van der Waals surface area contributed by atoms with E-state index in [4.69, 9.17) is 4.74 Å². The van der Waals surface area contributed by atoms with Gasteiger partial charge in [0.25, 0.3) is 0 Å². The molecule has 0 aromatic heterocycles. The number of methoxy groups -OCH3 is 2. The number of hydrogen-bond donors (Lipinski definition) is 1. The molecule has 0 unspecified atom stereocenters. The van der Waals surface area contributed by atoms with Crippen molar-refractivity contribution in [2.24, 2.45) is 0 Å².